The van der Waals surface area contributed by atoms with E-state index in [4.69, 9.17) is 5.26 Å². The topological polar surface area (TPSA) is 78.7 Å². The Labute approximate surface area is 150 Å². The van der Waals surface area contributed by atoms with Gasteiger partial charge in [-0.05, 0) is 18.1 Å². The zero-order valence-corrected chi connectivity index (χ0v) is 15.3. The Kier molecular flexibility index (Phi) is 7.72. The summed E-state index contributed by atoms with van der Waals surface area (Å²) in [6, 6.07) is 9.70. The van der Waals surface area contributed by atoms with Gasteiger partial charge in [-0.3, -0.25) is 4.79 Å². The van der Waals surface area contributed by atoms with Gasteiger partial charge in [0.1, 0.15) is 0 Å². The highest BCUT2D eigenvalue weighted by molar-refractivity contribution is 8.00. The number of aromatic nitrogens is 2. The largest absolute Gasteiger partial charge is 0.301 e. The van der Waals surface area contributed by atoms with Gasteiger partial charge in [0.2, 0.25) is 11.0 Å². The molecule has 24 heavy (non-hydrogen) atoms. The summed E-state index contributed by atoms with van der Waals surface area (Å²) in [5, 5.41) is 20.5. The zero-order chi connectivity index (χ0) is 17.2. The molecule has 2 rings (SSSR count). The Morgan fingerprint density at radius 3 is 2.92 bits per heavy atom. The van der Waals surface area contributed by atoms with Gasteiger partial charge < -0.3 is 5.32 Å². The summed E-state index contributed by atoms with van der Waals surface area (Å²) in [7, 11) is 0. The average Bonchev–Trinajstić information content (AvgIpc) is 3.04. The maximum absolute atomic E-state index is 11.8. The van der Waals surface area contributed by atoms with Gasteiger partial charge >= 0.3 is 0 Å². The van der Waals surface area contributed by atoms with Crippen LogP contribution in [-0.2, 0) is 10.5 Å². The molecule has 2 aromatic rings. The van der Waals surface area contributed by atoms with E-state index in [9.17, 15) is 4.79 Å². The molecule has 126 valence electrons. The first-order chi connectivity index (χ1) is 11.7. The molecule has 1 aromatic carbocycles. The van der Waals surface area contributed by atoms with Crippen LogP contribution in [0.5, 0.6) is 0 Å². The van der Waals surface area contributed by atoms with Crippen molar-refractivity contribution in [1.82, 2.24) is 10.2 Å². The molecule has 0 spiro atoms. The number of rotatable bonds is 9. The van der Waals surface area contributed by atoms with E-state index in [2.05, 4.69) is 28.5 Å². The van der Waals surface area contributed by atoms with E-state index in [1.807, 2.05) is 18.2 Å². The third-order valence-electron chi connectivity index (χ3n) is 3.40. The minimum absolute atomic E-state index is 0.00590. The average molecular weight is 361 g/mol. The summed E-state index contributed by atoms with van der Waals surface area (Å²) in [6.45, 7) is 2.15. The number of thioether (sulfide) groups is 1. The van der Waals surface area contributed by atoms with Crippen LogP contribution in [0.1, 0.15) is 50.2 Å². The molecule has 1 heterocycles. The van der Waals surface area contributed by atoms with Crippen LogP contribution in [0.2, 0.25) is 0 Å². The summed E-state index contributed by atoms with van der Waals surface area (Å²) >= 11 is 2.88. The summed E-state index contributed by atoms with van der Waals surface area (Å²) < 4.78 is 0.782. The zero-order valence-electron chi connectivity index (χ0n) is 13.6. The Morgan fingerprint density at radius 2 is 2.12 bits per heavy atom. The number of carbonyl (C=O) groups is 1. The van der Waals surface area contributed by atoms with E-state index in [1.165, 1.54) is 23.1 Å². The van der Waals surface area contributed by atoms with Crippen molar-refractivity contribution in [1.29, 1.82) is 5.26 Å². The summed E-state index contributed by atoms with van der Waals surface area (Å²) in [6.07, 6.45) is 4.84. The fourth-order valence-corrected chi connectivity index (χ4v) is 3.88. The quantitative estimate of drug-likeness (QED) is 0.401. The molecule has 0 bridgehead atoms. The Hall–Kier alpha value is -1.91. The second kappa shape index (κ2) is 10.1. The number of amides is 1. The smallest absolute Gasteiger partial charge is 0.226 e. The van der Waals surface area contributed by atoms with Crippen molar-refractivity contribution in [3.05, 3.63) is 35.4 Å². The number of carbonyl (C=O) groups excluding carboxylic acids is 1. The third-order valence-corrected chi connectivity index (χ3v) is 5.42. The predicted octanol–water partition coefficient (Wildman–Crippen LogP) is 4.61. The molecule has 0 atom stereocenters. The number of nitrogens with one attached hydrogen (secondary N) is 1. The van der Waals surface area contributed by atoms with Gasteiger partial charge in [0.25, 0.3) is 0 Å². The molecule has 0 radical (unpaired) electrons. The van der Waals surface area contributed by atoms with Crippen molar-refractivity contribution in [2.45, 2.75) is 49.1 Å². The lowest BCUT2D eigenvalue weighted by molar-refractivity contribution is -0.116. The van der Waals surface area contributed by atoms with Gasteiger partial charge in [-0.15, -0.1) is 10.2 Å². The van der Waals surface area contributed by atoms with Gasteiger partial charge in [-0.2, -0.15) is 5.26 Å². The van der Waals surface area contributed by atoms with E-state index in [1.54, 1.807) is 6.07 Å². The van der Waals surface area contributed by atoms with E-state index >= 15 is 0 Å². The molecule has 0 saturated carbocycles. The second-order valence-electron chi connectivity index (χ2n) is 5.29. The molecule has 0 aliphatic carbocycles. The molecular weight excluding hydrogens is 340 g/mol. The van der Waals surface area contributed by atoms with E-state index in [0.29, 0.717) is 22.9 Å². The van der Waals surface area contributed by atoms with E-state index in [-0.39, 0.29) is 5.91 Å². The standard InChI is InChI=1S/C17H20N4OS2/c1-2-3-4-5-10-15(22)19-16-20-21-17(24-16)23-12-14-9-7-6-8-13(14)11-18/h6-9H,2-5,10,12H2,1H3,(H,19,20,22). The molecule has 1 N–H and O–H groups in total. The summed E-state index contributed by atoms with van der Waals surface area (Å²) in [5.74, 6) is 0.650. The molecule has 1 amide bonds. The van der Waals surface area contributed by atoms with Gasteiger partial charge in [0, 0.05) is 12.2 Å². The fourth-order valence-electron chi connectivity index (χ4n) is 2.11. The monoisotopic (exact) mass is 360 g/mol. The van der Waals surface area contributed by atoms with Crippen molar-refractivity contribution >= 4 is 34.1 Å². The number of anilines is 1. The van der Waals surface area contributed by atoms with Crippen LogP contribution in [0.25, 0.3) is 0 Å². The molecule has 5 nitrogen and oxygen atoms in total. The van der Waals surface area contributed by atoms with Gasteiger partial charge in [-0.1, -0.05) is 67.5 Å². The van der Waals surface area contributed by atoms with Crippen LogP contribution in [0.15, 0.2) is 28.6 Å². The van der Waals surface area contributed by atoms with E-state index < -0.39 is 0 Å². The van der Waals surface area contributed by atoms with Crippen molar-refractivity contribution in [2.24, 2.45) is 0 Å². The fraction of sp³-hybridized carbons (Fsp3) is 0.412. The molecule has 0 saturated heterocycles. The van der Waals surface area contributed by atoms with Crippen LogP contribution < -0.4 is 5.32 Å². The predicted molar refractivity (Wildman–Crippen MR) is 98.0 cm³/mol. The second-order valence-corrected chi connectivity index (χ2v) is 7.49. The van der Waals surface area contributed by atoms with Gasteiger partial charge in [0.05, 0.1) is 11.6 Å². The molecule has 0 aliphatic rings. The van der Waals surface area contributed by atoms with Gasteiger partial charge in [0.15, 0.2) is 4.34 Å². The first kappa shape index (κ1) is 18.4. The van der Waals surface area contributed by atoms with Crippen molar-refractivity contribution in [3.63, 3.8) is 0 Å². The Balaban J connectivity index is 1.81. The molecule has 0 unspecified atom stereocenters. The SMILES string of the molecule is CCCCCCC(=O)Nc1nnc(SCc2ccccc2C#N)s1. The maximum atomic E-state index is 11.8. The number of nitrogens with zero attached hydrogens (tertiary/aromatic N) is 3. The van der Waals surface area contributed by atoms with Crippen molar-refractivity contribution < 1.29 is 4.79 Å². The summed E-state index contributed by atoms with van der Waals surface area (Å²) in [4.78, 5) is 11.8. The van der Waals surface area contributed by atoms with Crippen LogP contribution in [0, 0.1) is 11.3 Å². The van der Waals surface area contributed by atoms with E-state index in [0.717, 1.165) is 35.6 Å². The van der Waals surface area contributed by atoms with Crippen LogP contribution in [-0.4, -0.2) is 16.1 Å². The normalized spacial score (nSPS) is 10.3. The van der Waals surface area contributed by atoms with Crippen molar-refractivity contribution in [3.8, 4) is 6.07 Å². The third kappa shape index (κ3) is 5.95. The lowest BCUT2D eigenvalue weighted by Crippen LogP contribution is -2.10. The maximum Gasteiger partial charge on any atom is 0.226 e. The number of nitriles is 1. The number of unbranched alkanes of at least 4 members (excludes halogenated alkanes) is 3. The van der Waals surface area contributed by atoms with Crippen LogP contribution in [0.4, 0.5) is 5.13 Å². The van der Waals surface area contributed by atoms with Crippen molar-refractivity contribution in [2.75, 3.05) is 5.32 Å². The lowest BCUT2D eigenvalue weighted by Gasteiger charge is -2.01. The first-order valence-electron chi connectivity index (χ1n) is 7.97. The highest BCUT2D eigenvalue weighted by atomic mass is 32.2. The van der Waals surface area contributed by atoms with Gasteiger partial charge in [-0.25, -0.2) is 0 Å². The Morgan fingerprint density at radius 1 is 1.29 bits per heavy atom. The van der Waals surface area contributed by atoms with Crippen LogP contribution in [0.3, 0.4) is 0 Å². The summed E-state index contributed by atoms with van der Waals surface area (Å²) in [5.41, 5.74) is 1.65. The molecule has 0 fully saturated rings. The molecule has 0 aliphatic heterocycles. The molecular formula is C17H20N4OS2. The first-order valence-corrected chi connectivity index (χ1v) is 9.77. The lowest BCUT2D eigenvalue weighted by atomic mass is 10.1. The highest BCUT2D eigenvalue weighted by Gasteiger charge is 2.09. The minimum atomic E-state index is -0.00590. The number of benzene rings is 1. The highest BCUT2D eigenvalue weighted by Crippen LogP contribution is 2.29. The number of hydrogen-bond acceptors (Lipinski definition) is 6. The number of hydrogen-bond donors (Lipinski definition) is 1. The van der Waals surface area contributed by atoms with Crippen LogP contribution >= 0.6 is 23.1 Å². The molecule has 7 heteroatoms. The Bertz CT molecular complexity index is 709. The minimum Gasteiger partial charge on any atom is -0.301 e. The molecule has 1 aromatic heterocycles.